The van der Waals surface area contributed by atoms with Crippen molar-refractivity contribution in [3.05, 3.63) is 16.6 Å². The Labute approximate surface area is 57.7 Å². The Morgan fingerprint density at radius 3 is 3.00 bits per heavy atom. The Balaban J connectivity index is 2.18. The summed E-state index contributed by atoms with van der Waals surface area (Å²) in [5, 5.41) is 2.08. The number of aromatic nitrogens is 1. The smallest absolute Gasteiger partial charge is 0.0794 e. The molecule has 1 aromatic heterocycles. The van der Waals surface area contributed by atoms with Crippen LogP contribution in [0.4, 0.5) is 0 Å². The van der Waals surface area contributed by atoms with Gasteiger partial charge in [-0.05, 0) is 6.42 Å². The molecule has 2 nitrogen and oxygen atoms in total. The van der Waals surface area contributed by atoms with Crippen molar-refractivity contribution < 1.29 is 0 Å². The minimum absolute atomic E-state index is 0.395. The molecule has 2 N–H and O–H groups in total. The fourth-order valence-electron chi connectivity index (χ4n) is 0.960. The van der Waals surface area contributed by atoms with Gasteiger partial charge in [-0.15, -0.1) is 11.3 Å². The van der Waals surface area contributed by atoms with Gasteiger partial charge in [0.25, 0.3) is 0 Å². The highest BCUT2D eigenvalue weighted by Gasteiger charge is 2.36. The molecule has 0 radical (unpaired) electrons. The van der Waals surface area contributed by atoms with E-state index >= 15 is 0 Å². The Morgan fingerprint density at radius 2 is 2.56 bits per heavy atom. The second kappa shape index (κ2) is 1.78. The van der Waals surface area contributed by atoms with Crippen molar-refractivity contribution in [2.45, 2.75) is 18.4 Å². The number of hydrogen-bond acceptors (Lipinski definition) is 3. The van der Waals surface area contributed by atoms with E-state index in [-0.39, 0.29) is 0 Å². The molecule has 2 atom stereocenters. The normalized spacial score (nSPS) is 32.6. The van der Waals surface area contributed by atoms with Crippen LogP contribution in [0.3, 0.4) is 0 Å². The molecule has 0 bridgehead atoms. The van der Waals surface area contributed by atoms with Gasteiger partial charge >= 0.3 is 0 Å². The summed E-state index contributed by atoms with van der Waals surface area (Å²) in [5.74, 6) is 0.580. The lowest BCUT2D eigenvalue weighted by atomic mass is 10.3. The lowest BCUT2D eigenvalue weighted by Crippen LogP contribution is -2.00. The van der Waals surface area contributed by atoms with Crippen molar-refractivity contribution >= 4 is 11.3 Å². The predicted octanol–water partition coefficient (Wildman–Crippen LogP) is 0.958. The molecule has 48 valence electrons. The molecule has 1 fully saturated rings. The molecule has 9 heavy (non-hydrogen) atoms. The van der Waals surface area contributed by atoms with Crippen molar-refractivity contribution in [3.63, 3.8) is 0 Å². The Bertz CT molecular complexity index is 195. The first kappa shape index (κ1) is 5.38. The van der Waals surface area contributed by atoms with Crippen LogP contribution in [-0.4, -0.2) is 11.0 Å². The summed E-state index contributed by atoms with van der Waals surface area (Å²) in [5.41, 5.74) is 8.67. The maximum atomic E-state index is 5.62. The molecule has 1 heterocycles. The van der Waals surface area contributed by atoms with Crippen LogP contribution in [-0.2, 0) is 0 Å². The van der Waals surface area contributed by atoms with Gasteiger partial charge in [0.15, 0.2) is 0 Å². The fourth-order valence-corrected chi connectivity index (χ4v) is 1.58. The molecular weight excluding hydrogens is 132 g/mol. The number of thiazole rings is 1. The van der Waals surface area contributed by atoms with Crippen LogP contribution in [0.15, 0.2) is 10.9 Å². The monoisotopic (exact) mass is 140 g/mol. The molecule has 0 amide bonds. The highest BCUT2D eigenvalue weighted by atomic mass is 32.1. The van der Waals surface area contributed by atoms with Gasteiger partial charge < -0.3 is 5.73 Å². The van der Waals surface area contributed by atoms with Crippen molar-refractivity contribution in [1.29, 1.82) is 0 Å². The third kappa shape index (κ3) is 0.862. The summed E-state index contributed by atoms with van der Waals surface area (Å²) in [6, 6.07) is 0.395. The third-order valence-corrected chi connectivity index (χ3v) is 2.28. The number of rotatable bonds is 1. The van der Waals surface area contributed by atoms with Gasteiger partial charge in [-0.2, -0.15) is 0 Å². The van der Waals surface area contributed by atoms with E-state index in [9.17, 15) is 0 Å². The van der Waals surface area contributed by atoms with Gasteiger partial charge in [0.05, 0.1) is 11.2 Å². The van der Waals surface area contributed by atoms with Gasteiger partial charge in [-0.3, -0.25) is 0 Å². The third-order valence-electron chi connectivity index (χ3n) is 1.67. The van der Waals surface area contributed by atoms with E-state index in [4.69, 9.17) is 5.73 Å². The number of nitrogens with zero attached hydrogens (tertiary/aromatic N) is 1. The zero-order valence-electron chi connectivity index (χ0n) is 4.95. The first-order valence-electron chi connectivity index (χ1n) is 3.01. The largest absolute Gasteiger partial charge is 0.327 e. The summed E-state index contributed by atoms with van der Waals surface area (Å²) in [6.45, 7) is 0. The van der Waals surface area contributed by atoms with Crippen LogP contribution >= 0.6 is 11.3 Å². The molecule has 0 aromatic carbocycles. The van der Waals surface area contributed by atoms with Crippen LogP contribution in [0.25, 0.3) is 0 Å². The SMILES string of the molecule is N[C@@H]1C[C@H]1c1cscn1. The predicted molar refractivity (Wildman–Crippen MR) is 37.4 cm³/mol. The summed E-state index contributed by atoms with van der Waals surface area (Å²) in [7, 11) is 0. The van der Waals surface area contributed by atoms with Gasteiger partial charge in [-0.1, -0.05) is 0 Å². The number of nitrogens with two attached hydrogens (primary N) is 1. The van der Waals surface area contributed by atoms with E-state index < -0.39 is 0 Å². The second-order valence-electron chi connectivity index (χ2n) is 2.42. The molecule has 1 saturated carbocycles. The van der Waals surface area contributed by atoms with Crippen LogP contribution in [0.5, 0.6) is 0 Å². The van der Waals surface area contributed by atoms with Crippen LogP contribution < -0.4 is 5.73 Å². The van der Waals surface area contributed by atoms with E-state index in [1.54, 1.807) is 11.3 Å². The Kier molecular flexibility index (Phi) is 1.07. The van der Waals surface area contributed by atoms with Gasteiger partial charge in [0.2, 0.25) is 0 Å². The zero-order valence-corrected chi connectivity index (χ0v) is 5.77. The summed E-state index contributed by atoms with van der Waals surface area (Å²) in [4.78, 5) is 4.17. The highest BCUT2D eigenvalue weighted by Crippen LogP contribution is 2.38. The molecule has 1 aliphatic rings. The summed E-state index contributed by atoms with van der Waals surface area (Å²) >= 11 is 1.64. The summed E-state index contributed by atoms with van der Waals surface area (Å²) < 4.78 is 0. The second-order valence-corrected chi connectivity index (χ2v) is 3.14. The van der Waals surface area contributed by atoms with Gasteiger partial charge in [0.1, 0.15) is 0 Å². The average molecular weight is 140 g/mol. The van der Waals surface area contributed by atoms with Crippen LogP contribution in [0.2, 0.25) is 0 Å². The maximum absolute atomic E-state index is 5.62. The molecule has 1 aromatic rings. The molecule has 0 spiro atoms. The average Bonchev–Trinajstić information content (AvgIpc) is 2.44. The van der Waals surface area contributed by atoms with Crippen LogP contribution in [0, 0.1) is 0 Å². The zero-order chi connectivity index (χ0) is 6.27. The molecule has 0 unspecified atom stereocenters. The number of hydrogen-bond donors (Lipinski definition) is 1. The molecule has 1 aliphatic carbocycles. The molecule has 3 heteroatoms. The standard InChI is InChI=1S/C6H8N2S/c7-5-1-4(5)6-2-9-3-8-6/h2-5H,1,7H2/t4-,5-/m1/s1. The Hall–Kier alpha value is -0.410. The van der Waals surface area contributed by atoms with E-state index in [0.717, 1.165) is 6.42 Å². The van der Waals surface area contributed by atoms with E-state index in [1.165, 1.54) is 5.69 Å². The lowest BCUT2D eigenvalue weighted by molar-refractivity contribution is 0.958. The van der Waals surface area contributed by atoms with Crippen molar-refractivity contribution in [3.8, 4) is 0 Å². The first-order valence-corrected chi connectivity index (χ1v) is 3.96. The van der Waals surface area contributed by atoms with Gasteiger partial charge in [0, 0.05) is 17.3 Å². The maximum Gasteiger partial charge on any atom is 0.0794 e. The molecular formula is C6H8N2S. The highest BCUT2D eigenvalue weighted by molar-refractivity contribution is 7.07. The lowest BCUT2D eigenvalue weighted by Gasteiger charge is -1.85. The van der Waals surface area contributed by atoms with Crippen molar-refractivity contribution in [2.24, 2.45) is 5.73 Å². The molecule has 0 saturated heterocycles. The van der Waals surface area contributed by atoms with E-state index in [1.807, 2.05) is 5.51 Å². The summed E-state index contributed by atoms with van der Waals surface area (Å²) in [6.07, 6.45) is 1.13. The first-order chi connectivity index (χ1) is 4.38. The quantitative estimate of drug-likeness (QED) is 0.631. The van der Waals surface area contributed by atoms with E-state index in [0.29, 0.717) is 12.0 Å². The van der Waals surface area contributed by atoms with Crippen molar-refractivity contribution in [1.82, 2.24) is 4.98 Å². The fraction of sp³-hybridized carbons (Fsp3) is 0.500. The topological polar surface area (TPSA) is 38.9 Å². The van der Waals surface area contributed by atoms with Crippen LogP contribution in [0.1, 0.15) is 18.0 Å². The van der Waals surface area contributed by atoms with Gasteiger partial charge in [-0.25, -0.2) is 4.98 Å². The Morgan fingerprint density at radius 1 is 1.78 bits per heavy atom. The molecule has 0 aliphatic heterocycles. The molecule has 2 rings (SSSR count). The minimum Gasteiger partial charge on any atom is -0.327 e. The van der Waals surface area contributed by atoms with Crippen molar-refractivity contribution in [2.75, 3.05) is 0 Å². The minimum atomic E-state index is 0.395. The van der Waals surface area contributed by atoms with E-state index in [2.05, 4.69) is 10.4 Å².